The molecule has 86 valence electrons. The summed E-state index contributed by atoms with van der Waals surface area (Å²) in [6, 6.07) is 10.0. The first-order valence-electron chi connectivity index (χ1n) is 5.62. The number of aliphatic hydroxyl groups excluding tert-OH is 1. The molecule has 0 aliphatic carbocycles. The molecule has 0 saturated heterocycles. The quantitative estimate of drug-likeness (QED) is 0.718. The van der Waals surface area contributed by atoms with Crippen molar-refractivity contribution in [1.82, 2.24) is 5.32 Å². The average Bonchev–Trinajstić information content (AvgIpc) is 2.34. The Morgan fingerprint density at radius 1 is 1.31 bits per heavy atom. The van der Waals surface area contributed by atoms with Crippen LogP contribution < -0.4 is 5.32 Å². The number of nitrogens with zero attached hydrogens (tertiary/aromatic N) is 1. The van der Waals surface area contributed by atoms with Gasteiger partial charge in [0.15, 0.2) is 0 Å². The van der Waals surface area contributed by atoms with Gasteiger partial charge in [0.2, 0.25) is 0 Å². The molecule has 0 heterocycles. The van der Waals surface area contributed by atoms with Crippen LogP contribution in [0.3, 0.4) is 0 Å². The molecule has 0 aromatic heterocycles. The molecule has 16 heavy (non-hydrogen) atoms. The Labute approximate surface area is 96.7 Å². The maximum Gasteiger partial charge on any atom is 0.0991 e. The molecule has 0 bridgehead atoms. The second kappa shape index (κ2) is 7.00. The van der Waals surface area contributed by atoms with Gasteiger partial charge >= 0.3 is 0 Å². The zero-order chi connectivity index (χ0) is 11.8. The topological polar surface area (TPSA) is 56.0 Å². The third-order valence-electron chi connectivity index (χ3n) is 2.58. The molecule has 1 unspecified atom stereocenters. The van der Waals surface area contributed by atoms with E-state index in [2.05, 4.69) is 18.3 Å². The summed E-state index contributed by atoms with van der Waals surface area (Å²) < 4.78 is 0. The molecular weight excluding hydrogens is 200 g/mol. The van der Waals surface area contributed by atoms with E-state index in [0.29, 0.717) is 5.56 Å². The molecule has 0 amide bonds. The first-order chi connectivity index (χ1) is 7.77. The molecule has 0 aliphatic heterocycles. The van der Waals surface area contributed by atoms with Crippen molar-refractivity contribution < 1.29 is 5.11 Å². The standard InChI is InChI=1S/C13H18N2O/c1-11(15-8-2-3-9-16)13-6-4-12(10-14)5-7-13/h4-7,11,15-16H,2-3,8-9H2,1H3. The molecule has 1 rings (SSSR count). The van der Waals surface area contributed by atoms with Gasteiger partial charge in [-0.15, -0.1) is 0 Å². The molecule has 3 heteroatoms. The maximum absolute atomic E-state index is 8.68. The first kappa shape index (κ1) is 12.7. The van der Waals surface area contributed by atoms with Crippen molar-refractivity contribution in [2.45, 2.75) is 25.8 Å². The van der Waals surface area contributed by atoms with E-state index in [1.807, 2.05) is 24.3 Å². The van der Waals surface area contributed by atoms with Crippen molar-refractivity contribution in [3.05, 3.63) is 35.4 Å². The lowest BCUT2D eigenvalue weighted by Gasteiger charge is -2.13. The summed E-state index contributed by atoms with van der Waals surface area (Å²) in [7, 11) is 0. The highest BCUT2D eigenvalue weighted by molar-refractivity contribution is 5.32. The van der Waals surface area contributed by atoms with Crippen molar-refractivity contribution in [3.63, 3.8) is 0 Å². The number of aliphatic hydroxyl groups is 1. The highest BCUT2D eigenvalue weighted by atomic mass is 16.2. The fourth-order valence-corrected chi connectivity index (χ4v) is 1.52. The third-order valence-corrected chi connectivity index (χ3v) is 2.58. The molecular formula is C13H18N2O. The van der Waals surface area contributed by atoms with E-state index >= 15 is 0 Å². The fraction of sp³-hybridized carbons (Fsp3) is 0.462. The van der Waals surface area contributed by atoms with Crippen LogP contribution in [0.1, 0.15) is 36.9 Å². The minimum absolute atomic E-state index is 0.257. The Bertz CT molecular complexity index is 340. The molecule has 1 atom stereocenters. The highest BCUT2D eigenvalue weighted by Crippen LogP contribution is 2.12. The summed E-state index contributed by atoms with van der Waals surface area (Å²) in [6.07, 6.45) is 1.82. The van der Waals surface area contributed by atoms with Crippen molar-refractivity contribution in [2.75, 3.05) is 13.2 Å². The molecule has 3 nitrogen and oxygen atoms in total. The largest absolute Gasteiger partial charge is 0.396 e. The summed E-state index contributed by atoms with van der Waals surface area (Å²) in [5, 5.41) is 20.7. The monoisotopic (exact) mass is 218 g/mol. The van der Waals surface area contributed by atoms with Crippen LogP contribution in [0, 0.1) is 11.3 Å². The normalized spacial score (nSPS) is 12.1. The predicted octanol–water partition coefficient (Wildman–Crippen LogP) is 1.98. The van der Waals surface area contributed by atoms with Gasteiger partial charge in [-0.2, -0.15) is 5.26 Å². The molecule has 2 N–H and O–H groups in total. The second-order valence-electron chi connectivity index (χ2n) is 3.84. The molecule has 1 aromatic rings. The maximum atomic E-state index is 8.68. The van der Waals surface area contributed by atoms with Crippen LogP contribution in [0.25, 0.3) is 0 Å². The van der Waals surface area contributed by atoms with Crippen LogP contribution in [0.15, 0.2) is 24.3 Å². The second-order valence-corrected chi connectivity index (χ2v) is 3.84. The van der Waals surface area contributed by atoms with Crippen molar-refractivity contribution in [2.24, 2.45) is 0 Å². The average molecular weight is 218 g/mol. The predicted molar refractivity (Wildman–Crippen MR) is 63.9 cm³/mol. The van der Waals surface area contributed by atoms with Gasteiger partial charge in [0.25, 0.3) is 0 Å². The van der Waals surface area contributed by atoms with Gasteiger partial charge in [-0.3, -0.25) is 0 Å². The Hall–Kier alpha value is -1.37. The number of benzene rings is 1. The van der Waals surface area contributed by atoms with Crippen molar-refractivity contribution in [1.29, 1.82) is 5.26 Å². The first-order valence-corrected chi connectivity index (χ1v) is 5.62. The van der Waals surface area contributed by atoms with E-state index in [-0.39, 0.29) is 12.6 Å². The lowest BCUT2D eigenvalue weighted by Crippen LogP contribution is -2.20. The SMILES string of the molecule is CC(NCCCCO)c1ccc(C#N)cc1. The Kier molecular flexibility index (Phi) is 5.55. The van der Waals surface area contributed by atoms with E-state index in [1.165, 1.54) is 5.56 Å². The van der Waals surface area contributed by atoms with E-state index in [0.717, 1.165) is 19.4 Å². The van der Waals surface area contributed by atoms with Gasteiger partial charge in [0.1, 0.15) is 0 Å². The molecule has 0 radical (unpaired) electrons. The van der Waals surface area contributed by atoms with Crippen LogP contribution in [0.5, 0.6) is 0 Å². The summed E-state index contributed by atoms with van der Waals surface area (Å²) >= 11 is 0. The van der Waals surface area contributed by atoms with Gasteiger partial charge < -0.3 is 10.4 Å². The number of unbranched alkanes of at least 4 members (excludes halogenated alkanes) is 1. The van der Waals surface area contributed by atoms with Crippen molar-refractivity contribution in [3.8, 4) is 6.07 Å². The van der Waals surface area contributed by atoms with E-state index in [1.54, 1.807) is 0 Å². The van der Waals surface area contributed by atoms with Crippen LogP contribution >= 0.6 is 0 Å². The highest BCUT2D eigenvalue weighted by Gasteiger charge is 2.03. The smallest absolute Gasteiger partial charge is 0.0991 e. The van der Waals surface area contributed by atoms with E-state index in [9.17, 15) is 0 Å². The zero-order valence-electron chi connectivity index (χ0n) is 9.61. The summed E-state index contributed by atoms with van der Waals surface area (Å²) in [6.45, 7) is 3.26. The van der Waals surface area contributed by atoms with Gasteiger partial charge in [-0.25, -0.2) is 0 Å². The van der Waals surface area contributed by atoms with Crippen LogP contribution in [-0.2, 0) is 0 Å². The number of hydrogen-bond acceptors (Lipinski definition) is 3. The molecule has 1 aromatic carbocycles. The number of hydrogen-bond donors (Lipinski definition) is 2. The lowest BCUT2D eigenvalue weighted by molar-refractivity contribution is 0.283. The van der Waals surface area contributed by atoms with E-state index < -0.39 is 0 Å². The molecule has 0 saturated carbocycles. The van der Waals surface area contributed by atoms with Gasteiger partial charge in [-0.05, 0) is 44.0 Å². The minimum atomic E-state index is 0.257. The van der Waals surface area contributed by atoms with Crippen LogP contribution in [-0.4, -0.2) is 18.3 Å². The number of rotatable bonds is 6. The van der Waals surface area contributed by atoms with Crippen molar-refractivity contribution >= 4 is 0 Å². The fourth-order valence-electron chi connectivity index (χ4n) is 1.52. The molecule has 0 fully saturated rings. The van der Waals surface area contributed by atoms with Gasteiger partial charge in [-0.1, -0.05) is 12.1 Å². The minimum Gasteiger partial charge on any atom is -0.396 e. The van der Waals surface area contributed by atoms with E-state index in [4.69, 9.17) is 10.4 Å². The summed E-state index contributed by atoms with van der Waals surface area (Å²) in [5.74, 6) is 0. The van der Waals surface area contributed by atoms with Crippen LogP contribution in [0.2, 0.25) is 0 Å². The molecule has 0 aliphatic rings. The summed E-state index contributed by atoms with van der Waals surface area (Å²) in [4.78, 5) is 0. The summed E-state index contributed by atoms with van der Waals surface area (Å²) in [5.41, 5.74) is 1.87. The number of nitriles is 1. The Morgan fingerprint density at radius 3 is 2.56 bits per heavy atom. The zero-order valence-corrected chi connectivity index (χ0v) is 9.61. The Morgan fingerprint density at radius 2 is 2.00 bits per heavy atom. The van der Waals surface area contributed by atoms with Gasteiger partial charge in [0, 0.05) is 12.6 Å². The molecule has 0 spiro atoms. The lowest BCUT2D eigenvalue weighted by atomic mass is 10.1. The van der Waals surface area contributed by atoms with Crippen LogP contribution in [0.4, 0.5) is 0 Å². The number of nitrogens with one attached hydrogen (secondary N) is 1. The van der Waals surface area contributed by atoms with Gasteiger partial charge in [0.05, 0.1) is 11.6 Å². The third kappa shape index (κ3) is 4.01. The Balaban J connectivity index is 2.40.